The minimum Gasteiger partial charge on any atom is -0.379 e. The third-order valence-corrected chi connectivity index (χ3v) is 10.4. The predicted octanol–water partition coefficient (Wildman–Crippen LogP) is 8.15. The molecule has 2 saturated heterocycles. The highest BCUT2D eigenvalue weighted by Crippen LogP contribution is 2.30. The summed E-state index contributed by atoms with van der Waals surface area (Å²) in [5.41, 5.74) is 4.15. The Morgan fingerprint density at radius 1 is 0.722 bits per heavy atom. The lowest BCUT2D eigenvalue weighted by molar-refractivity contribution is 0.0383. The lowest BCUT2D eigenvalue weighted by Crippen LogP contribution is -2.41. The highest BCUT2D eigenvalue weighted by atomic mass is 127. The number of hydrogen-bond acceptors (Lipinski definition) is 7. The van der Waals surface area contributed by atoms with E-state index in [-0.39, 0.29) is 23.0 Å². The molecule has 54 heavy (non-hydrogen) atoms. The fourth-order valence-electron chi connectivity index (χ4n) is 6.17. The van der Waals surface area contributed by atoms with Crippen molar-refractivity contribution in [2.45, 2.75) is 26.7 Å². The van der Waals surface area contributed by atoms with E-state index in [1.54, 1.807) is 12.1 Å². The number of likely N-dealkylation sites (tertiary alicyclic amines) is 1. The zero-order chi connectivity index (χ0) is 38.6. The van der Waals surface area contributed by atoms with Gasteiger partial charge >= 0.3 is 0 Å². The summed E-state index contributed by atoms with van der Waals surface area (Å²) >= 11 is 5.62. The number of halogens is 5. The minimum atomic E-state index is -1.08. The van der Waals surface area contributed by atoms with E-state index in [2.05, 4.69) is 69.6 Å². The number of ether oxygens (including phenoxy) is 1. The van der Waals surface area contributed by atoms with Gasteiger partial charge in [-0.15, -0.1) is 0 Å². The fraction of sp³-hybridized carbons (Fsp3) is 0.350. The van der Waals surface area contributed by atoms with Gasteiger partial charge < -0.3 is 30.9 Å². The number of rotatable bonds is 12. The number of amides is 2. The molecular weight excluding hydrogens is 876 g/mol. The van der Waals surface area contributed by atoms with E-state index in [9.17, 15) is 22.8 Å². The second kappa shape index (κ2) is 20.3. The van der Waals surface area contributed by atoms with Crippen LogP contribution in [0.2, 0.25) is 0 Å². The Morgan fingerprint density at radius 3 is 1.98 bits per heavy atom. The van der Waals surface area contributed by atoms with Crippen molar-refractivity contribution in [2.24, 2.45) is 0 Å². The summed E-state index contributed by atoms with van der Waals surface area (Å²) in [6.45, 7) is 11.6. The molecule has 0 unspecified atom stereocenters. The van der Waals surface area contributed by atoms with Crippen molar-refractivity contribution in [3.05, 3.63) is 114 Å². The first-order valence-electron chi connectivity index (χ1n) is 17.9. The van der Waals surface area contributed by atoms with E-state index in [1.165, 1.54) is 37.1 Å². The quantitative estimate of drug-likeness (QED) is 0.107. The molecule has 4 aromatic rings. The average Bonchev–Trinajstić information content (AvgIpc) is 3.67. The van der Waals surface area contributed by atoms with Gasteiger partial charge in [-0.3, -0.25) is 14.5 Å². The molecule has 0 atom stereocenters. The topological polar surface area (TPSA) is 98.0 Å². The zero-order valence-corrected chi connectivity index (χ0v) is 34.1. The van der Waals surface area contributed by atoms with E-state index in [0.717, 1.165) is 63.6 Å². The molecule has 4 N–H and O–H groups in total. The van der Waals surface area contributed by atoms with Crippen LogP contribution in [0.15, 0.2) is 71.2 Å². The number of nitrogens with zero attached hydrogens (tertiary/aromatic N) is 2. The van der Waals surface area contributed by atoms with Gasteiger partial charge in [0.2, 0.25) is 0 Å². The molecule has 2 fully saturated rings. The van der Waals surface area contributed by atoms with E-state index < -0.39 is 17.5 Å². The summed E-state index contributed by atoms with van der Waals surface area (Å²) in [4.78, 5) is 29.7. The van der Waals surface area contributed by atoms with Gasteiger partial charge in [0, 0.05) is 58.7 Å². The molecular formula is C40H45BrF3IN6O3. The van der Waals surface area contributed by atoms with Crippen molar-refractivity contribution in [3.63, 3.8) is 0 Å². The Bertz CT molecular complexity index is 1920. The molecule has 0 radical (unpaired) electrons. The maximum Gasteiger partial charge on any atom is 0.253 e. The maximum absolute atomic E-state index is 14.5. The lowest BCUT2D eigenvalue weighted by Gasteiger charge is -2.26. The zero-order valence-electron chi connectivity index (χ0n) is 30.3. The summed E-state index contributed by atoms with van der Waals surface area (Å²) in [5, 5.41) is 11.8. The molecule has 288 valence electrons. The van der Waals surface area contributed by atoms with Crippen molar-refractivity contribution in [1.29, 1.82) is 0 Å². The molecule has 0 aromatic heterocycles. The first-order chi connectivity index (χ1) is 26.0. The number of aryl methyl sites for hydroxylation is 2. The molecule has 2 aliphatic heterocycles. The SMILES string of the molecule is Cc1cc(Br)ccc1Nc1c(C(=O)NCCN2CCOCC2)ccc(F)c1F.Cc1cc(I)ccc1Nc1cc(F)ccc1C(=O)NCCN1CCCC1. The number of carbonyl (C=O) groups is 2. The molecule has 2 amide bonds. The molecule has 2 aliphatic rings. The Morgan fingerprint density at radius 2 is 1.31 bits per heavy atom. The van der Waals surface area contributed by atoms with Gasteiger partial charge in [0.1, 0.15) is 5.82 Å². The van der Waals surface area contributed by atoms with E-state index in [4.69, 9.17) is 4.74 Å². The third kappa shape index (κ3) is 11.9. The van der Waals surface area contributed by atoms with Gasteiger partial charge in [-0.05, 0) is 140 Å². The standard InChI is InChI=1S/C20H22BrF2N3O2.C20H23FIN3O/c1-13-12-14(21)2-5-17(13)25-19-15(3-4-16(22)18(19)23)20(27)24-6-7-26-8-10-28-11-9-26;1-14-12-16(22)5-7-18(14)24-19-13-15(21)4-6-17(19)20(26)23-8-11-25-9-2-3-10-25/h2-5,12,25H,6-11H2,1H3,(H,24,27);4-7,12-13,24H,2-3,8-11H2,1H3,(H,23,26). The third-order valence-electron chi connectivity index (χ3n) is 9.20. The number of morpholine rings is 1. The monoisotopic (exact) mass is 920 g/mol. The van der Waals surface area contributed by atoms with Crippen molar-refractivity contribution < 1.29 is 27.5 Å². The second-order valence-corrected chi connectivity index (χ2v) is 15.3. The van der Waals surface area contributed by atoms with Gasteiger partial charge in [0.05, 0.1) is 35.7 Å². The highest BCUT2D eigenvalue weighted by Gasteiger charge is 2.20. The molecule has 0 spiro atoms. The molecule has 0 saturated carbocycles. The summed E-state index contributed by atoms with van der Waals surface area (Å²) in [6, 6.07) is 17.8. The Labute approximate surface area is 336 Å². The minimum absolute atomic E-state index is 0.0585. The molecule has 14 heteroatoms. The number of benzene rings is 4. The number of hydrogen-bond donors (Lipinski definition) is 4. The number of carbonyl (C=O) groups excluding carboxylic acids is 2. The van der Waals surface area contributed by atoms with Crippen LogP contribution in [0, 0.1) is 34.9 Å². The van der Waals surface area contributed by atoms with Crippen molar-refractivity contribution in [3.8, 4) is 0 Å². The summed E-state index contributed by atoms with van der Waals surface area (Å²) in [6.07, 6.45) is 2.46. The van der Waals surface area contributed by atoms with Crippen LogP contribution in [0.4, 0.5) is 35.9 Å². The van der Waals surface area contributed by atoms with Gasteiger partial charge in [0.15, 0.2) is 11.6 Å². The average molecular weight is 922 g/mol. The Balaban J connectivity index is 0.000000208. The van der Waals surface area contributed by atoms with E-state index >= 15 is 0 Å². The summed E-state index contributed by atoms with van der Waals surface area (Å²) in [5.74, 6) is -3.10. The Hall–Kier alpha value is -3.70. The molecule has 2 heterocycles. The summed E-state index contributed by atoms with van der Waals surface area (Å²) < 4.78 is 49.3. The van der Waals surface area contributed by atoms with E-state index in [0.29, 0.717) is 49.8 Å². The smallest absolute Gasteiger partial charge is 0.253 e. The first kappa shape index (κ1) is 41.5. The van der Waals surface area contributed by atoms with Gasteiger partial charge in [-0.1, -0.05) is 15.9 Å². The van der Waals surface area contributed by atoms with Crippen LogP contribution in [0.1, 0.15) is 44.7 Å². The molecule has 6 rings (SSSR count). The van der Waals surface area contributed by atoms with Gasteiger partial charge in [-0.25, -0.2) is 13.2 Å². The summed E-state index contributed by atoms with van der Waals surface area (Å²) in [7, 11) is 0. The van der Waals surface area contributed by atoms with Crippen molar-refractivity contribution in [2.75, 3.05) is 76.2 Å². The van der Waals surface area contributed by atoms with Crippen LogP contribution in [-0.4, -0.2) is 87.2 Å². The van der Waals surface area contributed by atoms with Crippen LogP contribution in [0.5, 0.6) is 0 Å². The maximum atomic E-state index is 14.5. The fourth-order valence-corrected chi connectivity index (χ4v) is 7.29. The largest absolute Gasteiger partial charge is 0.379 e. The lowest BCUT2D eigenvalue weighted by atomic mass is 10.1. The molecule has 0 aliphatic carbocycles. The second-order valence-electron chi connectivity index (χ2n) is 13.2. The number of anilines is 4. The molecule has 0 bridgehead atoms. The normalized spacial score (nSPS) is 14.6. The van der Waals surface area contributed by atoms with Crippen molar-refractivity contribution in [1.82, 2.24) is 20.4 Å². The van der Waals surface area contributed by atoms with Crippen LogP contribution in [-0.2, 0) is 4.74 Å². The van der Waals surface area contributed by atoms with Crippen molar-refractivity contribution >= 4 is 73.1 Å². The molecule has 4 aromatic carbocycles. The predicted molar refractivity (Wildman–Crippen MR) is 220 cm³/mol. The van der Waals surface area contributed by atoms with E-state index in [1.807, 2.05) is 38.1 Å². The van der Waals surface area contributed by atoms with Crippen LogP contribution < -0.4 is 21.3 Å². The highest BCUT2D eigenvalue weighted by molar-refractivity contribution is 14.1. The van der Waals surface area contributed by atoms with Gasteiger partial charge in [0.25, 0.3) is 11.8 Å². The van der Waals surface area contributed by atoms with Crippen LogP contribution in [0.25, 0.3) is 0 Å². The van der Waals surface area contributed by atoms with Crippen LogP contribution >= 0.6 is 38.5 Å². The number of nitrogens with one attached hydrogen (secondary N) is 4. The van der Waals surface area contributed by atoms with Gasteiger partial charge in [-0.2, -0.15) is 0 Å². The Kier molecular flexibility index (Phi) is 15.6. The van der Waals surface area contributed by atoms with Crippen LogP contribution in [0.3, 0.4) is 0 Å². The first-order valence-corrected chi connectivity index (χ1v) is 19.8. The molecule has 9 nitrogen and oxygen atoms in total.